The van der Waals surface area contributed by atoms with Crippen LogP contribution in [0, 0.1) is 0 Å². The van der Waals surface area contributed by atoms with Crippen LogP contribution in [0.1, 0.15) is 25.6 Å². The van der Waals surface area contributed by atoms with Crippen LogP contribution >= 0.6 is 0 Å². The van der Waals surface area contributed by atoms with Gasteiger partial charge in [-0.05, 0) is 19.2 Å². The van der Waals surface area contributed by atoms with Gasteiger partial charge in [-0.15, -0.1) is 15.3 Å². The van der Waals surface area contributed by atoms with Gasteiger partial charge in [0.1, 0.15) is 5.82 Å². The Hall–Kier alpha value is -1.69. The average Bonchev–Trinajstić information content (AvgIpc) is 2.82. The van der Waals surface area contributed by atoms with Crippen molar-refractivity contribution < 1.29 is 0 Å². The van der Waals surface area contributed by atoms with Crippen molar-refractivity contribution in [3.8, 4) is 0 Å². The zero-order valence-electron chi connectivity index (χ0n) is 11.7. The lowest BCUT2D eigenvalue weighted by Crippen LogP contribution is -2.45. The summed E-state index contributed by atoms with van der Waals surface area (Å²) < 4.78 is 1.87. The summed E-state index contributed by atoms with van der Waals surface area (Å²) >= 11 is 0. The van der Waals surface area contributed by atoms with Gasteiger partial charge in [-0.1, -0.05) is 13.8 Å². The number of hydrogen-bond acceptors (Lipinski definition) is 5. The molecule has 1 aliphatic heterocycles. The van der Waals surface area contributed by atoms with E-state index in [9.17, 15) is 0 Å². The normalized spacial score (nSPS) is 17.6. The van der Waals surface area contributed by atoms with Gasteiger partial charge in [-0.3, -0.25) is 0 Å². The van der Waals surface area contributed by atoms with Gasteiger partial charge in [0.2, 0.25) is 0 Å². The molecule has 0 N–H and O–H groups in total. The van der Waals surface area contributed by atoms with Gasteiger partial charge in [0.25, 0.3) is 0 Å². The lowest BCUT2D eigenvalue weighted by Gasteiger charge is -2.33. The van der Waals surface area contributed by atoms with E-state index >= 15 is 0 Å². The van der Waals surface area contributed by atoms with Gasteiger partial charge < -0.3 is 9.80 Å². The summed E-state index contributed by atoms with van der Waals surface area (Å²) in [7, 11) is 2.16. The molecule has 0 atom stereocenters. The predicted molar refractivity (Wildman–Crippen MR) is 74.6 cm³/mol. The Kier molecular flexibility index (Phi) is 3.10. The summed E-state index contributed by atoms with van der Waals surface area (Å²) in [6, 6.07) is 4.04. The molecule has 0 radical (unpaired) electrons. The molecule has 0 aliphatic carbocycles. The standard InChI is InChI=1S/C13H20N6/c1-10(2)13-15-14-11-4-5-12(16-19(11)13)18-8-6-17(3)7-9-18/h4-5,10H,6-9H2,1-3H3. The molecule has 0 bridgehead atoms. The van der Waals surface area contributed by atoms with Crippen LogP contribution in [-0.4, -0.2) is 57.9 Å². The minimum Gasteiger partial charge on any atom is -0.353 e. The lowest BCUT2D eigenvalue weighted by atomic mass is 10.2. The maximum atomic E-state index is 4.70. The van der Waals surface area contributed by atoms with Crippen LogP contribution in [0.3, 0.4) is 0 Å². The van der Waals surface area contributed by atoms with E-state index in [4.69, 9.17) is 5.10 Å². The van der Waals surface area contributed by atoms with Crippen molar-refractivity contribution in [1.29, 1.82) is 0 Å². The van der Waals surface area contributed by atoms with Crippen LogP contribution in [-0.2, 0) is 0 Å². The predicted octanol–water partition coefficient (Wildman–Crippen LogP) is 1.000. The number of piperazine rings is 1. The van der Waals surface area contributed by atoms with Gasteiger partial charge >= 0.3 is 0 Å². The first kappa shape index (κ1) is 12.3. The zero-order chi connectivity index (χ0) is 13.4. The van der Waals surface area contributed by atoms with E-state index in [0.717, 1.165) is 43.5 Å². The highest BCUT2D eigenvalue weighted by molar-refractivity contribution is 5.46. The minimum atomic E-state index is 0.324. The van der Waals surface area contributed by atoms with Crippen LogP contribution in [0.5, 0.6) is 0 Å². The van der Waals surface area contributed by atoms with Crippen molar-refractivity contribution >= 4 is 11.5 Å². The third-order valence-electron chi connectivity index (χ3n) is 3.62. The molecule has 3 rings (SSSR count). The van der Waals surface area contributed by atoms with Gasteiger partial charge in [-0.25, -0.2) is 0 Å². The van der Waals surface area contributed by atoms with Crippen molar-refractivity contribution in [2.45, 2.75) is 19.8 Å². The lowest BCUT2D eigenvalue weighted by molar-refractivity contribution is 0.311. The van der Waals surface area contributed by atoms with Crippen molar-refractivity contribution in [3.05, 3.63) is 18.0 Å². The molecule has 0 saturated carbocycles. The number of nitrogens with zero attached hydrogens (tertiary/aromatic N) is 6. The molecule has 0 amide bonds. The molecular formula is C13H20N6. The van der Waals surface area contributed by atoms with Crippen molar-refractivity contribution in [2.24, 2.45) is 0 Å². The number of rotatable bonds is 2. The number of aromatic nitrogens is 4. The van der Waals surface area contributed by atoms with Gasteiger partial charge in [0, 0.05) is 32.1 Å². The molecule has 19 heavy (non-hydrogen) atoms. The maximum Gasteiger partial charge on any atom is 0.178 e. The smallest absolute Gasteiger partial charge is 0.178 e. The Morgan fingerprint density at radius 2 is 1.79 bits per heavy atom. The van der Waals surface area contributed by atoms with Crippen LogP contribution in [0.4, 0.5) is 5.82 Å². The summed E-state index contributed by atoms with van der Waals surface area (Å²) in [5, 5.41) is 13.1. The van der Waals surface area contributed by atoms with E-state index in [-0.39, 0.29) is 0 Å². The van der Waals surface area contributed by atoms with Gasteiger partial charge in [0.15, 0.2) is 11.5 Å². The second-order valence-corrected chi connectivity index (χ2v) is 5.46. The van der Waals surface area contributed by atoms with Crippen LogP contribution < -0.4 is 4.90 Å². The van der Waals surface area contributed by atoms with Crippen LogP contribution in [0.25, 0.3) is 5.65 Å². The van der Waals surface area contributed by atoms with Gasteiger partial charge in [0.05, 0.1) is 0 Å². The topological polar surface area (TPSA) is 49.6 Å². The molecule has 6 heteroatoms. The summed E-state index contributed by atoms with van der Waals surface area (Å²) in [6.07, 6.45) is 0. The molecule has 6 nitrogen and oxygen atoms in total. The molecule has 2 aromatic rings. The molecule has 3 heterocycles. The summed E-state index contributed by atoms with van der Waals surface area (Å²) in [5.41, 5.74) is 0.821. The Morgan fingerprint density at radius 1 is 1.05 bits per heavy atom. The molecule has 2 aromatic heterocycles. The van der Waals surface area contributed by atoms with Crippen LogP contribution in [0.2, 0.25) is 0 Å². The summed E-state index contributed by atoms with van der Waals surface area (Å²) in [4.78, 5) is 4.66. The van der Waals surface area contributed by atoms with Crippen molar-refractivity contribution in [2.75, 3.05) is 38.1 Å². The van der Waals surface area contributed by atoms with Crippen LogP contribution in [0.15, 0.2) is 12.1 Å². The number of anilines is 1. The van der Waals surface area contributed by atoms with Crippen molar-refractivity contribution in [3.63, 3.8) is 0 Å². The molecule has 1 aliphatic rings. The Balaban J connectivity index is 1.94. The monoisotopic (exact) mass is 260 g/mol. The maximum absolute atomic E-state index is 4.70. The number of hydrogen-bond donors (Lipinski definition) is 0. The number of likely N-dealkylation sites (N-methyl/N-ethyl adjacent to an activating group) is 1. The van der Waals surface area contributed by atoms with Gasteiger partial charge in [-0.2, -0.15) is 4.52 Å². The Labute approximate surface area is 113 Å². The molecule has 0 aromatic carbocycles. The van der Waals surface area contributed by atoms with E-state index in [1.165, 1.54) is 0 Å². The first-order valence-electron chi connectivity index (χ1n) is 6.81. The van der Waals surface area contributed by atoms with E-state index in [1.54, 1.807) is 0 Å². The third kappa shape index (κ3) is 2.28. The fourth-order valence-corrected chi connectivity index (χ4v) is 2.36. The Morgan fingerprint density at radius 3 is 2.47 bits per heavy atom. The highest BCUT2D eigenvalue weighted by atomic mass is 15.4. The minimum absolute atomic E-state index is 0.324. The summed E-state index contributed by atoms with van der Waals surface area (Å²) in [6.45, 7) is 8.43. The molecule has 1 saturated heterocycles. The van der Waals surface area contributed by atoms with E-state index in [2.05, 4.69) is 40.9 Å². The molecule has 1 fully saturated rings. The fraction of sp³-hybridized carbons (Fsp3) is 0.615. The first-order valence-corrected chi connectivity index (χ1v) is 6.81. The third-order valence-corrected chi connectivity index (χ3v) is 3.62. The number of fused-ring (bicyclic) bond motifs is 1. The SMILES string of the molecule is CC(C)c1nnc2ccc(N3CCN(C)CC3)nn12. The first-order chi connectivity index (χ1) is 9.15. The quantitative estimate of drug-likeness (QED) is 0.806. The van der Waals surface area contributed by atoms with E-state index in [1.807, 2.05) is 16.6 Å². The molecule has 0 unspecified atom stereocenters. The largest absolute Gasteiger partial charge is 0.353 e. The van der Waals surface area contributed by atoms with E-state index < -0.39 is 0 Å². The highest BCUT2D eigenvalue weighted by Gasteiger charge is 2.17. The Bertz CT molecular complexity index is 568. The summed E-state index contributed by atoms with van der Waals surface area (Å²) in [5.74, 6) is 2.26. The average molecular weight is 260 g/mol. The second-order valence-electron chi connectivity index (χ2n) is 5.46. The molecule has 102 valence electrons. The van der Waals surface area contributed by atoms with E-state index in [0.29, 0.717) is 5.92 Å². The highest BCUT2D eigenvalue weighted by Crippen LogP contribution is 2.17. The zero-order valence-corrected chi connectivity index (χ0v) is 11.7. The second kappa shape index (κ2) is 4.77. The van der Waals surface area contributed by atoms with Crippen molar-refractivity contribution in [1.82, 2.24) is 24.7 Å². The fourth-order valence-electron chi connectivity index (χ4n) is 2.36. The molecule has 0 spiro atoms. The molecular weight excluding hydrogens is 240 g/mol.